The Morgan fingerprint density at radius 2 is 1.74 bits per heavy atom. The first-order valence-corrected chi connectivity index (χ1v) is 11.0. The third-order valence-electron chi connectivity index (χ3n) is 5.71. The van der Waals surface area contributed by atoms with Crippen LogP contribution < -0.4 is 10.1 Å². The fraction of sp³-hybridized carbons (Fsp3) is 0.480. The summed E-state index contributed by atoms with van der Waals surface area (Å²) in [6, 6.07) is 15.5. The van der Waals surface area contributed by atoms with E-state index in [2.05, 4.69) is 10.2 Å². The number of esters is 1. The first-order chi connectivity index (χ1) is 14.9. The molecule has 1 aliphatic rings. The van der Waals surface area contributed by atoms with Crippen molar-refractivity contribution in [3.05, 3.63) is 59.7 Å². The number of likely N-dealkylation sites (tertiary alicyclic amines) is 1. The fourth-order valence-corrected chi connectivity index (χ4v) is 3.86. The molecule has 0 amide bonds. The number of ether oxygens (including phenoxy) is 2. The molecule has 168 valence electrons. The molecular weight excluding hydrogens is 392 g/mol. The summed E-state index contributed by atoms with van der Waals surface area (Å²) in [6.45, 7) is 7.29. The van der Waals surface area contributed by atoms with Crippen LogP contribution in [0.1, 0.15) is 49.0 Å². The second-order valence-corrected chi connectivity index (χ2v) is 8.56. The molecule has 0 unspecified atom stereocenters. The van der Waals surface area contributed by atoms with Crippen molar-refractivity contribution in [2.75, 3.05) is 32.1 Å². The van der Waals surface area contributed by atoms with Crippen molar-refractivity contribution < 1.29 is 19.4 Å². The minimum atomic E-state index is -0.626. The SMILES string of the molecule is COC(=O)c1ccc(CN2CCC(O)(CCNc3ccc(OC(C)C)cc3)CC2)cc1. The minimum Gasteiger partial charge on any atom is -0.491 e. The van der Waals surface area contributed by atoms with Gasteiger partial charge in [0.1, 0.15) is 5.75 Å². The van der Waals surface area contributed by atoms with E-state index in [1.54, 1.807) is 12.1 Å². The number of piperidine rings is 1. The Morgan fingerprint density at radius 3 is 2.32 bits per heavy atom. The first kappa shape index (κ1) is 23.1. The van der Waals surface area contributed by atoms with Gasteiger partial charge < -0.3 is 19.9 Å². The van der Waals surface area contributed by atoms with Crippen molar-refractivity contribution in [1.82, 2.24) is 4.90 Å². The van der Waals surface area contributed by atoms with Crippen molar-refractivity contribution >= 4 is 11.7 Å². The van der Waals surface area contributed by atoms with Crippen LogP contribution >= 0.6 is 0 Å². The molecule has 0 aliphatic carbocycles. The molecule has 0 saturated carbocycles. The highest BCUT2D eigenvalue weighted by Crippen LogP contribution is 2.27. The van der Waals surface area contributed by atoms with Gasteiger partial charge in [-0.2, -0.15) is 0 Å². The molecule has 1 aliphatic heterocycles. The van der Waals surface area contributed by atoms with Crippen molar-refractivity contribution in [3.8, 4) is 5.75 Å². The van der Waals surface area contributed by atoms with Gasteiger partial charge in [-0.3, -0.25) is 4.90 Å². The third kappa shape index (κ3) is 6.97. The van der Waals surface area contributed by atoms with E-state index in [1.165, 1.54) is 7.11 Å². The van der Waals surface area contributed by atoms with Crippen molar-refractivity contribution in [1.29, 1.82) is 0 Å². The zero-order valence-corrected chi connectivity index (χ0v) is 18.8. The number of rotatable bonds is 9. The first-order valence-electron chi connectivity index (χ1n) is 11.0. The van der Waals surface area contributed by atoms with Gasteiger partial charge in [0.25, 0.3) is 0 Å². The summed E-state index contributed by atoms with van der Waals surface area (Å²) in [5.74, 6) is 0.550. The van der Waals surface area contributed by atoms with E-state index in [-0.39, 0.29) is 12.1 Å². The average Bonchev–Trinajstić information content (AvgIpc) is 2.76. The lowest BCUT2D eigenvalue weighted by Crippen LogP contribution is -2.44. The van der Waals surface area contributed by atoms with E-state index in [1.807, 2.05) is 50.2 Å². The Bertz CT molecular complexity index is 826. The standard InChI is InChI=1S/C25H34N2O4/c1-19(2)31-23-10-8-22(9-11-23)26-15-12-25(29)13-16-27(17-14-25)18-20-4-6-21(7-5-20)24(28)30-3/h4-11,19,26,29H,12-18H2,1-3H3. The van der Waals surface area contributed by atoms with E-state index in [0.29, 0.717) is 5.56 Å². The molecule has 0 aromatic heterocycles. The average molecular weight is 427 g/mol. The Labute approximate surface area is 185 Å². The second-order valence-electron chi connectivity index (χ2n) is 8.56. The number of carbonyl (C=O) groups excluding carboxylic acids is 1. The van der Waals surface area contributed by atoms with Gasteiger partial charge >= 0.3 is 5.97 Å². The molecule has 2 aromatic rings. The normalized spacial score (nSPS) is 16.2. The maximum Gasteiger partial charge on any atom is 0.337 e. The summed E-state index contributed by atoms with van der Waals surface area (Å²) in [4.78, 5) is 13.9. The zero-order valence-electron chi connectivity index (χ0n) is 18.8. The maximum atomic E-state index is 11.5. The van der Waals surface area contributed by atoms with Crippen LogP contribution in [0, 0.1) is 0 Å². The van der Waals surface area contributed by atoms with Gasteiger partial charge in [-0.1, -0.05) is 12.1 Å². The predicted octanol–water partition coefficient (Wildman–Crippen LogP) is 4.09. The van der Waals surface area contributed by atoms with Crippen LogP contribution in [0.25, 0.3) is 0 Å². The number of nitrogens with zero attached hydrogens (tertiary/aromatic N) is 1. The maximum absolute atomic E-state index is 11.5. The minimum absolute atomic E-state index is 0.165. The number of methoxy groups -OCH3 is 1. The van der Waals surface area contributed by atoms with Crippen LogP contribution in [-0.4, -0.2) is 54.4 Å². The van der Waals surface area contributed by atoms with Gasteiger partial charge in [0, 0.05) is 31.9 Å². The zero-order chi connectivity index (χ0) is 22.3. The van der Waals surface area contributed by atoms with Crippen molar-refractivity contribution in [2.45, 2.75) is 51.4 Å². The molecule has 0 atom stereocenters. The molecule has 6 nitrogen and oxygen atoms in total. The van der Waals surface area contributed by atoms with Gasteiger partial charge in [0.15, 0.2) is 0 Å². The largest absolute Gasteiger partial charge is 0.491 e. The third-order valence-corrected chi connectivity index (χ3v) is 5.71. The number of hydrogen-bond acceptors (Lipinski definition) is 6. The monoisotopic (exact) mass is 426 g/mol. The van der Waals surface area contributed by atoms with Crippen molar-refractivity contribution in [3.63, 3.8) is 0 Å². The predicted molar refractivity (Wildman–Crippen MR) is 123 cm³/mol. The summed E-state index contributed by atoms with van der Waals surface area (Å²) in [6.07, 6.45) is 2.41. The second kappa shape index (κ2) is 10.6. The van der Waals surface area contributed by atoms with Crippen LogP contribution in [0.3, 0.4) is 0 Å². The van der Waals surface area contributed by atoms with E-state index < -0.39 is 5.60 Å². The molecule has 1 saturated heterocycles. The van der Waals surface area contributed by atoms with Crippen LogP contribution in [-0.2, 0) is 11.3 Å². The van der Waals surface area contributed by atoms with Crippen LogP contribution in [0.4, 0.5) is 5.69 Å². The summed E-state index contributed by atoms with van der Waals surface area (Å²) in [5, 5.41) is 14.4. The topological polar surface area (TPSA) is 71.0 Å². The van der Waals surface area contributed by atoms with E-state index in [9.17, 15) is 9.90 Å². The molecule has 6 heteroatoms. The molecule has 0 bridgehead atoms. The molecule has 31 heavy (non-hydrogen) atoms. The summed E-state index contributed by atoms with van der Waals surface area (Å²) in [7, 11) is 1.39. The summed E-state index contributed by atoms with van der Waals surface area (Å²) >= 11 is 0. The van der Waals surface area contributed by atoms with Crippen LogP contribution in [0.15, 0.2) is 48.5 Å². The highest BCUT2D eigenvalue weighted by atomic mass is 16.5. The van der Waals surface area contributed by atoms with Gasteiger partial charge in [-0.25, -0.2) is 4.79 Å². The number of nitrogens with one attached hydrogen (secondary N) is 1. The van der Waals surface area contributed by atoms with E-state index >= 15 is 0 Å². The van der Waals surface area contributed by atoms with E-state index in [0.717, 1.165) is 62.4 Å². The van der Waals surface area contributed by atoms with Crippen molar-refractivity contribution in [2.24, 2.45) is 0 Å². The fourth-order valence-electron chi connectivity index (χ4n) is 3.86. The molecule has 0 spiro atoms. The van der Waals surface area contributed by atoms with Gasteiger partial charge in [0.05, 0.1) is 24.4 Å². The van der Waals surface area contributed by atoms with E-state index in [4.69, 9.17) is 9.47 Å². The molecule has 1 heterocycles. The highest BCUT2D eigenvalue weighted by molar-refractivity contribution is 5.89. The van der Waals surface area contributed by atoms with Crippen LogP contribution in [0.5, 0.6) is 5.75 Å². The molecule has 2 N–H and O–H groups in total. The molecule has 3 rings (SSSR count). The number of carbonyl (C=O) groups is 1. The number of benzene rings is 2. The molecule has 0 radical (unpaired) electrons. The highest BCUT2D eigenvalue weighted by Gasteiger charge is 2.31. The Kier molecular flexibility index (Phi) is 7.93. The lowest BCUT2D eigenvalue weighted by atomic mass is 9.88. The van der Waals surface area contributed by atoms with Gasteiger partial charge in [-0.05, 0) is 75.1 Å². The number of hydrogen-bond donors (Lipinski definition) is 2. The Balaban J connectivity index is 1.40. The molecule has 1 fully saturated rings. The number of aliphatic hydroxyl groups is 1. The molecule has 2 aromatic carbocycles. The summed E-state index contributed by atoms with van der Waals surface area (Å²) in [5.41, 5.74) is 2.13. The lowest BCUT2D eigenvalue weighted by Gasteiger charge is -2.38. The van der Waals surface area contributed by atoms with Gasteiger partial charge in [-0.15, -0.1) is 0 Å². The number of anilines is 1. The Morgan fingerprint density at radius 1 is 1.10 bits per heavy atom. The smallest absolute Gasteiger partial charge is 0.337 e. The molecular formula is C25H34N2O4. The lowest BCUT2D eigenvalue weighted by molar-refractivity contribution is -0.0266. The Hall–Kier alpha value is -2.57. The van der Waals surface area contributed by atoms with Gasteiger partial charge in [0.2, 0.25) is 0 Å². The summed E-state index contributed by atoms with van der Waals surface area (Å²) < 4.78 is 10.4. The van der Waals surface area contributed by atoms with Crippen LogP contribution in [0.2, 0.25) is 0 Å². The quantitative estimate of drug-likeness (QED) is 0.589.